The van der Waals surface area contributed by atoms with Gasteiger partial charge in [0.25, 0.3) is 0 Å². The minimum absolute atomic E-state index is 0.201. The van der Waals surface area contributed by atoms with Crippen molar-refractivity contribution in [2.45, 2.75) is 19.8 Å². The van der Waals surface area contributed by atoms with Gasteiger partial charge in [-0.2, -0.15) is 0 Å². The molecular formula is C17H19NO3. The van der Waals surface area contributed by atoms with Crippen LogP contribution in [0.5, 0.6) is 0 Å². The molecule has 0 radical (unpaired) electrons. The molecule has 4 nitrogen and oxygen atoms in total. The summed E-state index contributed by atoms with van der Waals surface area (Å²) in [5.41, 5.74) is 2.16. The van der Waals surface area contributed by atoms with Crippen molar-refractivity contribution < 1.29 is 14.3 Å². The summed E-state index contributed by atoms with van der Waals surface area (Å²) in [6.07, 6.45) is 1.75. The second kappa shape index (κ2) is 6.39. The molecule has 0 amide bonds. The number of carbonyl (C=O) groups is 2. The van der Waals surface area contributed by atoms with E-state index in [-0.39, 0.29) is 12.4 Å². The van der Waals surface area contributed by atoms with E-state index in [1.54, 1.807) is 42.1 Å². The lowest BCUT2D eigenvalue weighted by Gasteiger charge is -2.07. The third kappa shape index (κ3) is 3.60. The third-order valence-corrected chi connectivity index (χ3v) is 3.39. The van der Waals surface area contributed by atoms with E-state index in [2.05, 4.69) is 13.8 Å². The van der Waals surface area contributed by atoms with Crippen LogP contribution in [-0.4, -0.2) is 22.9 Å². The molecule has 0 saturated carbocycles. The molecule has 1 aromatic heterocycles. The lowest BCUT2D eigenvalue weighted by atomic mass is 10.0. The lowest BCUT2D eigenvalue weighted by Crippen LogP contribution is -2.16. The number of ether oxygens (including phenoxy) is 1. The monoisotopic (exact) mass is 285 g/mol. The fraction of sp³-hybridized carbons (Fsp3) is 0.294. The second-order valence-electron chi connectivity index (χ2n) is 5.28. The van der Waals surface area contributed by atoms with Gasteiger partial charge in [-0.05, 0) is 23.6 Å². The summed E-state index contributed by atoms with van der Waals surface area (Å²) in [7, 11) is 1.75. The zero-order valence-electron chi connectivity index (χ0n) is 12.5. The Bertz CT molecular complexity index is 638. The molecule has 0 fully saturated rings. The van der Waals surface area contributed by atoms with E-state index in [4.69, 9.17) is 4.74 Å². The van der Waals surface area contributed by atoms with Gasteiger partial charge in [-0.1, -0.05) is 38.1 Å². The van der Waals surface area contributed by atoms with E-state index in [0.29, 0.717) is 17.2 Å². The van der Waals surface area contributed by atoms with Gasteiger partial charge in [0.15, 0.2) is 12.4 Å². The largest absolute Gasteiger partial charge is 0.453 e. The van der Waals surface area contributed by atoms with E-state index in [0.717, 1.165) is 0 Å². The Balaban J connectivity index is 1.96. The van der Waals surface area contributed by atoms with Gasteiger partial charge in [0.05, 0.1) is 0 Å². The maximum atomic E-state index is 12.0. The molecule has 0 aliphatic carbocycles. The average Bonchev–Trinajstić information content (AvgIpc) is 2.90. The van der Waals surface area contributed by atoms with Crippen molar-refractivity contribution in [2.24, 2.45) is 7.05 Å². The van der Waals surface area contributed by atoms with Crippen LogP contribution in [-0.2, 0) is 11.8 Å². The number of rotatable bonds is 5. The summed E-state index contributed by atoms with van der Waals surface area (Å²) in [5.74, 6) is -0.271. The van der Waals surface area contributed by atoms with E-state index < -0.39 is 5.97 Å². The number of hydrogen-bond acceptors (Lipinski definition) is 3. The van der Waals surface area contributed by atoms with Gasteiger partial charge in [-0.3, -0.25) is 4.79 Å². The summed E-state index contributed by atoms with van der Waals surface area (Å²) in [4.78, 5) is 23.8. The number of carbonyl (C=O) groups excluding carboxylic acids is 2. The molecule has 21 heavy (non-hydrogen) atoms. The van der Waals surface area contributed by atoms with Gasteiger partial charge in [0.2, 0.25) is 0 Å². The summed E-state index contributed by atoms with van der Waals surface area (Å²) >= 11 is 0. The van der Waals surface area contributed by atoms with Gasteiger partial charge in [0.1, 0.15) is 5.69 Å². The molecule has 4 heteroatoms. The van der Waals surface area contributed by atoms with E-state index >= 15 is 0 Å². The highest BCUT2D eigenvalue weighted by Gasteiger charge is 2.14. The number of hydrogen-bond donors (Lipinski definition) is 0. The van der Waals surface area contributed by atoms with Crippen molar-refractivity contribution in [1.82, 2.24) is 4.57 Å². The Morgan fingerprint density at radius 2 is 1.81 bits per heavy atom. The van der Waals surface area contributed by atoms with Crippen LogP contribution in [0.15, 0.2) is 42.6 Å². The van der Waals surface area contributed by atoms with Crippen molar-refractivity contribution in [3.05, 3.63) is 59.4 Å². The quantitative estimate of drug-likeness (QED) is 0.626. The highest BCUT2D eigenvalue weighted by molar-refractivity contribution is 5.99. The number of Topliss-reactive ketones (excluding diaryl/α,β-unsaturated/α-hetero) is 1. The van der Waals surface area contributed by atoms with Crippen molar-refractivity contribution in [2.75, 3.05) is 6.61 Å². The Kier molecular flexibility index (Phi) is 4.58. The van der Waals surface area contributed by atoms with Crippen LogP contribution < -0.4 is 0 Å². The van der Waals surface area contributed by atoms with Crippen LogP contribution in [0, 0.1) is 0 Å². The second-order valence-corrected chi connectivity index (χ2v) is 5.28. The smallest absolute Gasteiger partial charge is 0.355 e. The Morgan fingerprint density at radius 1 is 1.14 bits per heavy atom. The van der Waals surface area contributed by atoms with Gasteiger partial charge in [-0.15, -0.1) is 0 Å². The molecule has 0 bridgehead atoms. The predicted molar refractivity (Wildman–Crippen MR) is 80.6 cm³/mol. The summed E-state index contributed by atoms with van der Waals surface area (Å²) in [6, 6.07) is 10.8. The van der Waals surface area contributed by atoms with Crippen LogP contribution >= 0.6 is 0 Å². The topological polar surface area (TPSA) is 48.3 Å². The Hall–Kier alpha value is -2.36. The van der Waals surface area contributed by atoms with Crippen molar-refractivity contribution in [3.8, 4) is 0 Å². The standard InChI is InChI=1S/C17H19NO3/c1-12(2)13-6-8-14(9-7-13)16(19)11-21-17(20)15-5-4-10-18(15)3/h4-10,12H,11H2,1-3H3. The van der Waals surface area contributed by atoms with Crippen LogP contribution in [0.3, 0.4) is 0 Å². The number of ketones is 1. The van der Waals surface area contributed by atoms with Crippen LogP contribution in [0.2, 0.25) is 0 Å². The molecule has 0 aliphatic rings. The van der Waals surface area contributed by atoms with E-state index in [1.165, 1.54) is 5.56 Å². The van der Waals surface area contributed by atoms with Crippen LogP contribution in [0.25, 0.3) is 0 Å². The summed E-state index contributed by atoms with van der Waals surface area (Å²) in [6.45, 7) is 3.95. The van der Waals surface area contributed by atoms with Crippen molar-refractivity contribution >= 4 is 11.8 Å². The maximum Gasteiger partial charge on any atom is 0.355 e. The van der Waals surface area contributed by atoms with E-state index in [1.807, 2.05) is 12.1 Å². The number of esters is 1. The number of nitrogens with zero attached hydrogens (tertiary/aromatic N) is 1. The number of benzene rings is 1. The molecule has 0 aliphatic heterocycles. The Morgan fingerprint density at radius 3 is 2.33 bits per heavy atom. The predicted octanol–water partition coefficient (Wildman–Crippen LogP) is 3.19. The van der Waals surface area contributed by atoms with Crippen LogP contribution in [0.1, 0.15) is 46.2 Å². The third-order valence-electron chi connectivity index (χ3n) is 3.39. The normalized spacial score (nSPS) is 10.7. The molecule has 0 saturated heterocycles. The molecule has 0 unspecified atom stereocenters. The van der Waals surface area contributed by atoms with Gasteiger partial charge < -0.3 is 9.30 Å². The lowest BCUT2D eigenvalue weighted by molar-refractivity contribution is 0.0465. The minimum atomic E-state index is -0.491. The fourth-order valence-electron chi connectivity index (χ4n) is 2.02. The molecule has 0 spiro atoms. The first-order valence-corrected chi connectivity index (χ1v) is 6.90. The first kappa shape index (κ1) is 15.0. The zero-order chi connectivity index (χ0) is 15.4. The van der Waals surface area contributed by atoms with Crippen molar-refractivity contribution in [3.63, 3.8) is 0 Å². The maximum absolute atomic E-state index is 12.0. The zero-order valence-corrected chi connectivity index (χ0v) is 12.5. The first-order valence-electron chi connectivity index (χ1n) is 6.90. The Labute approximate surface area is 124 Å². The number of aryl methyl sites for hydroxylation is 1. The SMILES string of the molecule is CC(C)c1ccc(C(=O)COC(=O)c2cccn2C)cc1. The minimum Gasteiger partial charge on any atom is -0.453 e. The highest BCUT2D eigenvalue weighted by atomic mass is 16.5. The van der Waals surface area contributed by atoms with Crippen molar-refractivity contribution in [1.29, 1.82) is 0 Å². The fourth-order valence-corrected chi connectivity index (χ4v) is 2.02. The molecule has 1 heterocycles. The van der Waals surface area contributed by atoms with Gasteiger partial charge in [-0.25, -0.2) is 4.79 Å². The van der Waals surface area contributed by atoms with Crippen LogP contribution in [0.4, 0.5) is 0 Å². The molecule has 2 aromatic rings. The molecular weight excluding hydrogens is 266 g/mol. The summed E-state index contributed by atoms with van der Waals surface area (Å²) in [5, 5.41) is 0. The molecule has 2 rings (SSSR count). The number of aromatic nitrogens is 1. The highest BCUT2D eigenvalue weighted by Crippen LogP contribution is 2.15. The molecule has 0 N–H and O–H groups in total. The van der Waals surface area contributed by atoms with E-state index in [9.17, 15) is 9.59 Å². The first-order chi connectivity index (χ1) is 9.99. The average molecular weight is 285 g/mol. The molecule has 110 valence electrons. The van der Waals surface area contributed by atoms with Gasteiger partial charge in [0, 0.05) is 18.8 Å². The summed E-state index contributed by atoms with van der Waals surface area (Å²) < 4.78 is 6.71. The van der Waals surface area contributed by atoms with Gasteiger partial charge >= 0.3 is 5.97 Å². The molecule has 0 atom stereocenters. The molecule has 1 aromatic carbocycles.